The molecule has 9 N–H and O–H groups in total. The van der Waals surface area contributed by atoms with E-state index in [1.54, 1.807) is 6.20 Å². The number of phosphoric acid groups is 1. The fourth-order valence-corrected chi connectivity index (χ4v) is 7.59. The van der Waals surface area contributed by atoms with Gasteiger partial charge in [-0.05, 0) is 33.6 Å². The van der Waals surface area contributed by atoms with Crippen molar-refractivity contribution in [2.75, 3.05) is 51.9 Å². The number of H-pyrrole nitrogens is 1. The first-order valence-corrected chi connectivity index (χ1v) is 21.6. The molecule has 0 bridgehead atoms. The predicted octanol–water partition coefficient (Wildman–Crippen LogP) is -2.01. The lowest BCUT2D eigenvalue weighted by Gasteiger charge is -2.42. The lowest BCUT2D eigenvalue weighted by Crippen LogP contribution is -2.64. The van der Waals surface area contributed by atoms with Crippen LogP contribution >= 0.6 is 7.82 Å². The molecule has 26 nitrogen and oxygen atoms in total. The Labute approximate surface area is 355 Å². The third-order valence-electron chi connectivity index (χ3n) is 9.53. The second kappa shape index (κ2) is 23.1. The number of hydrogen-bond donors (Lipinski definition) is 8. The van der Waals surface area contributed by atoms with Crippen LogP contribution in [0.1, 0.15) is 58.9 Å². The summed E-state index contributed by atoms with van der Waals surface area (Å²) in [5.41, 5.74) is 5.69. The van der Waals surface area contributed by atoms with Crippen LogP contribution < -0.4 is 21.9 Å². The summed E-state index contributed by atoms with van der Waals surface area (Å²) in [4.78, 5) is 57.8. The van der Waals surface area contributed by atoms with Crippen LogP contribution in [0.3, 0.4) is 0 Å². The van der Waals surface area contributed by atoms with Crippen molar-refractivity contribution in [3.8, 4) is 0 Å². The monoisotopic (exact) mass is 904 g/mol. The van der Waals surface area contributed by atoms with Gasteiger partial charge in [0.05, 0.1) is 64.8 Å². The smallest absolute Gasteiger partial charge is 0.394 e. The largest absolute Gasteiger partial charge is 0.472 e. The molecular formula is C35H57N10O16P. The van der Waals surface area contributed by atoms with E-state index in [4.69, 9.17) is 43.2 Å². The molecule has 0 radical (unpaired) electrons. The summed E-state index contributed by atoms with van der Waals surface area (Å²) in [6.45, 7) is 6.68. The fourth-order valence-electron chi connectivity index (χ4n) is 6.64. The number of fused-ring (bicyclic) bond motifs is 1. The number of nitrogens with one attached hydrogen (secondary N) is 3. The molecule has 0 spiro atoms. The van der Waals surface area contributed by atoms with Crippen molar-refractivity contribution in [1.82, 2.24) is 45.1 Å². The van der Waals surface area contributed by atoms with Gasteiger partial charge in [0, 0.05) is 26.5 Å². The number of aromatic nitrogens is 7. The number of aromatic amines is 1. The van der Waals surface area contributed by atoms with E-state index in [0.29, 0.717) is 25.1 Å². The van der Waals surface area contributed by atoms with E-state index in [9.17, 15) is 39.2 Å². The molecule has 27 heteroatoms. The van der Waals surface area contributed by atoms with Crippen LogP contribution in [-0.2, 0) is 64.8 Å². The minimum absolute atomic E-state index is 0.0237. The number of aliphatic hydroxyl groups is 3. The zero-order chi connectivity index (χ0) is 45.0. The first-order valence-electron chi connectivity index (χ1n) is 20.1. The third kappa shape index (κ3) is 13.5. The van der Waals surface area contributed by atoms with Crippen LogP contribution in [0.2, 0.25) is 0 Å². The van der Waals surface area contributed by atoms with Crippen molar-refractivity contribution in [3.63, 3.8) is 0 Å². The van der Waals surface area contributed by atoms with E-state index < -0.39 is 81.1 Å². The van der Waals surface area contributed by atoms with Crippen LogP contribution in [-0.4, -0.2) is 168 Å². The Balaban J connectivity index is 1.07. The number of amides is 2. The summed E-state index contributed by atoms with van der Waals surface area (Å²) in [5.74, 6) is -0.824. The molecular weight excluding hydrogens is 847 g/mol. The van der Waals surface area contributed by atoms with Gasteiger partial charge >= 0.3 is 7.82 Å². The number of nitrogens with two attached hydrogens (primary N) is 1. The van der Waals surface area contributed by atoms with Crippen LogP contribution in [0.5, 0.6) is 0 Å². The van der Waals surface area contributed by atoms with Gasteiger partial charge in [0.15, 0.2) is 23.7 Å². The second-order valence-corrected chi connectivity index (χ2v) is 16.1. The average molecular weight is 905 g/mol. The number of rotatable bonds is 25. The summed E-state index contributed by atoms with van der Waals surface area (Å²) < 4.78 is 61.7. The molecule has 2 aliphatic heterocycles. The molecule has 2 fully saturated rings. The molecule has 62 heavy (non-hydrogen) atoms. The Morgan fingerprint density at radius 3 is 2.61 bits per heavy atom. The number of imidazole rings is 1. The maximum atomic E-state index is 12.9. The van der Waals surface area contributed by atoms with Crippen molar-refractivity contribution >= 4 is 36.7 Å². The zero-order valence-corrected chi connectivity index (χ0v) is 35.7. The lowest BCUT2D eigenvalue weighted by atomic mass is 9.97. The van der Waals surface area contributed by atoms with Crippen LogP contribution in [0, 0.1) is 0 Å². The topological polar surface area (TPSA) is 350 Å². The van der Waals surface area contributed by atoms with Crippen LogP contribution in [0.15, 0.2) is 17.3 Å². The van der Waals surface area contributed by atoms with Crippen molar-refractivity contribution in [1.29, 1.82) is 0 Å². The standard InChI is InChI=1S/C35H57N10O16P/c1-5-58-62(52,53)61-29-23(17-56-19(2)3)59-33(45-18-38-26-31(45)40-35(36)41-32(26)51)30(29)57-16-21-14-44(43-42-21)10-13-54-12-9-37-24(48)8-6-7-11-55-34-25(39-20(4)47)28(50)27(49)22(15-46)60-34/h14,18-19,22-23,25,27-30,33-34,46,49-50H,5-13,15-17H2,1-4H3,(H,37,48)(H,39,47)(H,52,53)(H3,36,40,41,51)/t22-,23-,25-,27+,28-,29-,30-,33-,34-/m1/s1. The highest BCUT2D eigenvalue weighted by molar-refractivity contribution is 7.47. The van der Waals surface area contributed by atoms with Gasteiger partial charge in [-0.15, -0.1) is 5.10 Å². The quantitative estimate of drug-likeness (QED) is 0.0336. The molecule has 10 atom stereocenters. The van der Waals surface area contributed by atoms with Gasteiger partial charge in [-0.1, -0.05) is 5.21 Å². The third-order valence-corrected chi connectivity index (χ3v) is 10.6. The highest BCUT2D eigenvalue weighted by Crippen LogP contribution is 2.49. The number of ether oxygens (including phenoxy) is 6. The Morgan fingerprint density at radius 1 is 1.10 bits per heavy atom. The summed E-state index contributed by atoms with van der Waals surface area (Å²) in [6, 6.07) is -1.04. The molecule has 0 aliphatic carbocycles. The van der Waals surface area contributed by atoms with Gasteiger partial charge in [0.1, 0.15) is 48.4 Å². The van der Waals surface area contributed by atoms with Gasteiger partial charge in [-0.25, -0.2) is 14.2 Å². The van der Waals surface area contributed by atoms with Gasteiger partial charge < -0.3 is 65.0 Å². The molecule has 1 unspecified atom stereocenters. The van der Waals surface area contributed by atoms with E-state index in [0.717, 1.165) is 0 Å². The Kier molecular flexibility index (Phi) is 18.2. The fraction of sp³-hybridized carbons (Fsp3) is 0.743. The van der Waals surface area contributed by atoms with Crippen molar-refractivity contribution < 1.29 is 71.8 Å². The van der Waals surface area contributed by atoms with Crippen LogP contribution in [0.25, 0.3) is 11.2 Å². The Hall–Kier alpha value is -4.02. The van der Waals surface area contributed by atoms with Crippen molar-refractivity contribution in [3.05, 3.63) is 28.6 Å². The minimum atomic E-state index is -4.61. The number of nitrogens with zero attached hydrogens (tertiary/aromatic N) is 6. The molecule has 2 saturated heterocycles. The number of unbranched alkanes of at least 4 members (excludes halogenated alkanes) is 1. The van der Waals surface area contributed by atoms with E-state index in [1.165, 1.54) is 29.4 Å². The number of phosphoric ester groups is 1. The Morgan fingerprint density at radius 2 is 1.89 bits per heavy atom. The average Bonchev–Trinajstić information content (AvgIpc) is 3.93. The summed E-state index contributed by atoms with van der Waals surface area (Å²) in [6.07, 6.45) is -5.57. The van der Waals surface area contributed by atoms with Gasteiger partial charge in [-0.3, -0.25) is 33.0 Å². The molecule has 2 aliphatic rings. The molecule has 0 saturated carbocycles. The van der Waals surface area contributed by atoms with Gasteiger partial charge in [-0.2, -0.15) is 4.98 Å². The first kappa shape index (κ1) is 49.0. The Bertz CT molecular complexity index is 2000. The van der Waals surface area contributed by atoms with Crippen LogP contribution in [0.4, 0.5) is 5.95 Å². The number of carbonyl (C=O) groups is 2. The maximum Gasteiger partial charge on any atom is 0.472 e. The molecule has 3 aromatic heterocycles. The summed E-state index contributed by atoms with van der Waals surface area (Å²) in [5, 5.41) is 43.5. The van der Waals surface area contributed by atoms with E-state index >= 15 is 0 Å². The predicted molar refractivity (Wildman–Crippen MR) is 211 cm³/mol. The highest BCUT2D eigenvalue weighted by Gasteiger charge is 2.51. The van der Waals surface area contributed by atoms with Gasteiger partial charge in [0.25, 0.3) is 5.56 Å². The summed E-state index contributed by atoms with van der Waals surface area (Å²) in [7, 11) is -4.61. The maximum absolute atomic E-state index is 12.9. The SMILES string of the molecule is CCOP(=O)(O)O[C@H]1[C@@H](OCc2cn(CCOCCNC(=O)CCCCO[C@@H]3O[C@H](CO)[C@H](O)[C@H](O)[C@H]3NC(C)=O)nn2)[C@H](n2cnc3c(=O)[nH]c(N)nc32)O[C@@H]1COC(C)C. The van der Waals surface area contributed by atoms with Crippen molar-refractivity contribution in [2.45, 2.75) is 121 Å². The number of carbonyl (C=O) groups excluding carboxylic acids is 2. The normalized spacial score (nSPS) is 26.2. The number of aliphatic hydroxyl groups excluding tert-OH is 3. The second-order valence-electron chi connectivity index (χ2n) is 14.7. The molecule has 0 aromatic carbocycles. The molecule has 348 valence electrons. The number of anilines is 1. The molecule has 3 aromatic rings. The van der Waals surface area contributed by atoms with Crippen molar-refractivity contribution in [2.24, 2.45) is 0 Å². The first-order chi connectivity index (χ1) is 29.6. The lowest BCUT2D eigenvalue weighted by molar-refractivity contribution is -0.270. The molecule has 5 rings (SSSR count). The van der Waals surface area contributed by atoms with E-state index in [2.05, 4.69) is 35.9 Å². The number of hydrogen-bond acceptors (Lipinski definition) is 20. The van der Waals surface area contributed by atoms with E-state index in [-0.39, 0.29) is 81.7 Å². The molecule has 5 heterocycles. The minimum Gasteiger partial charge on any atom is -0.394 e. The molecule has 2 amide bonds. The number of nitrogen functional groups attached to an aromatic ring is 1. The highest BCUT2D eigenvalue weighted by atomic mass is 31.2. The summed E-state index contributed by atoms with van der Waals surface area (Å²) >= 11 is 0. The van der Waals surface area contributed by atoms with Gasteiger partial charge in [0.2, 0.25) is 17.8 Å². The zero-order valence-electron chi connectivity index (χ0n) is 34.8. The van der Waals surface area contributed by atoms with E-state index in [1.807, 2.05) is 13.8 Å².